The Kier molecular flexibility index (Phi) is 4.41. The number of benzene rings is 2. The molecule has 7 heteroatoms. The molecule has 3 aromatic rings. The highest BCUT2D eigenvalue weighted by Gasteiger charge is 2.35. The lowest BCUT2D eigenvalue weighted by molar-refractivity contribution is -0.137. The van der Waals surface area contributed by atoms with E-state index in [-0.39, 0.29) is 16.9 Å². The van der Waals surface area contributed by atoms with Gasteiger partial charge in [-0.2, -0.15) is 13.2 Å². The van der Waals surface area contributed by atoms with E-state index in [1.54, 1.807) is 25.1 Å². The third-order valence-electron chi connectivity index (χ3n) is 5.23. The number of carboxylic acids is 1. The molecule has 1 N–H and O–H groups in total. The molecule has 1 aliphatic rings. The Bertz CT molecular complexity index is 1130. The zero-order valence-electron chi connectivity index (χ0n) is 15.8. The number of carbonyl (C=O) groups is 1. The van der Waals surface area contributed by atoms with Crippen LogP contribution in [0.25, 0.3) is 16.8 Å². The molecule has 0 unspecified atom stereocenters. The van der Waals surface area contributed by atoms with Gasteiger partial charge in [0.25, 0.3) is 0 Å². The molecule has 29 heavy (non-hydrogen) atoms. The van der Waals surface area contributed by atoms with Crippen LogP contribution in [0.4, 0.5) is 13.2 Å². The summed E-state index contributed by atoms with van der Waals surface area (Å²) in [6.45, 7) is 3.67. The Morgan fingerprint density at radius 3 is 2.41 bits per heavy atom. The van der Waals surface area contributed by atoms with E-state index in [0.29, 0.717) is 23.4 Å². The number of carboxylic acid groups (broad SMARTS) is 1. The smallest absolute Gasteiger partial charge is 0.418 e. The van der Waals surface area contributed by atoms with Crippen molar-refractivity contribution in [2.24, 2.45) is 0 Å². The zero-order chi connectivity index (χ0) is 20.9. The highest BCUT2D eigenvalue weighted by atomic mass is 19.4. The molecule has 0 spiro atoms. The van der Waals surface area contributed by atoms with E-state index in [0.717, 1.165) is 23.8 Å². The van der Waals surface area contributed by atoms with Gasteiger partial charge in [0.15, 0.2) is 0 Å². The second-order valence-corrected chi connectivity index (χ2v) is 7.08. The van der Waals surface area contributed by atoms with Gasteiger partial charge in [-0.15, -0.1) is 0 Å². The summed E-state index contributed by atoms with van der Waals surface area (Å²) in [5, 5.41) is 9.30. The summed E-state index contributed by atoms with van der Waals surface area (Å²) < 4.78 is 48.6. The van der Waals surface area contributed by atoms with Gasteiger partial charge in [0.1, 0.15) is 5.75 Å². The zero-order valence-corrected chi connectivity index (χ0v) is 15.8. The molecule has 4 rings (SSSR count). The molecule has 1 aliphatic heterocycles. The molecule has 2 aromatic carbocycles. The van der Waals surface area contributed by atoms with E-state index in [4.69, 9.17) is 4.74 Å². The first-order valence-electron chi connectivity index (χ1n) is 9.07. The van der Waals surface area contributed by atoms with Gasteiger partial charge in [0.05, 0.1) is 23.4 Å². The predicted octanol–water partition coefficient (Wildman–Crippen LogP) is 5.41. The highest BCUT2D eigenvalue weighted by Crippen LogP contribution is 2.39. The quantitative estimate of drug-likeness (QED) is 0.638. The molecule has 0 amide bonds. The summed E-state index contributed by atoms with van der Waals surface area (Å²) in [7, 11) is 0. The fourth-order valence-electron chi connectivity index (χ4n) is 3.85. The van der Waals surface area contributed by atoms with Crippen LogP contribution in [-0.2, 0) is 12.6 Å². The maximum atomic E-state index is 13.9. The van der Waals surface area contributed by atoms with Crippen LogP contribution in [0.3, 0.4) is 0 Å². The van der Waals surface area contributed by atoms with E-state index in [1.165, 1.54) is 23.6 Å². The van der Waals surface area contributed by atoms with Gasteiger partial charge in [-0.25, -0.2) is 4.79 Å². The first-order valence-corrected chi connectivity index (χ1v) is 9.07. The van der Waals surface area contributed by atoms with Crippen LogP contribution in [0.5, 0.6) is 5.75 Å². The number of aromatic carboxylic acids is 1. The molecule has 0 saturated heterocycles. The van der Waals surface area contributed by atoms with Crippen LogP contribution >= 0.6 is 0 Å². The molecule has 0 atom stereocenters. The summed E-state index contributed by atoms with van der Waals surface area (Å²) in [5.41, 5.74) is 1.85. The first-order chi connectivity index (χ1) is 13.7. The number of ether oxygens (including phenoxy) is 1. The number of halogens is 3. The van der Waals surface area contributed by atoms with E-state index in [9.17, 15) is 23.1 Å². The molecule has 4 nitrogen and oxygen atoms in total. The Morgan fingerprint density at radius 1 is 1.07 bits per heavy atom. The first kappa shape index (κ1) is 19.1. The molecule has 0 bridgehead atoms. The van der Waals surface area contributed by atoms with E-state index in [1.807, 2.05) is 6.07 Å². The van der Waals surface area contributed by atoms with E-state index >= 15 is 0 Å². The number of aromatic nitrogens is 1. The fraction of sp³-hybridized carbons (Fsp3) is 0.227. The average Bonchev–Trinajstić information content (AvgIpc) is 3.24. The van der Waals surface area contributed by atoms with Crippen molar-refractivity contribution in [3.05, 3.63) is 70.5 Å². The molecule has 1 aromatic heterocycles. The van der Waals surface area contributed by atoms with Crippen LogP contribution in [-0.4, -0.2) is 22.2 Å². The van der Waals surface area contributed by atoms with Crippen molar-refractivity contribution in [2.45, 2.75) is 26.4 Å². The summed E-state index contributed by atoms with van der Waals surface area (Å²) in [6, 6.07) is 10.9. The van der Waals surface area contributed by atoms with Gasteiger partial charge in [-0.1, -0.05) is 12.1 Å². The molecule has 0 radical (unpaired) electrons. The minimum atomic E-state index is -4.60. The third-order valence-corrected chi connectivity index (χ3v) is 5.23. The SMILES string of the molecule is Cc1cc(C(=O)O)c(C)n1-c1ccc(-c2ccc3c(c2)CCO3)cc1C(F)(F)F. The van der Waals surface area contributed by atoms with Crippen molar-refractivity contribution in [3.63, 3.8) is 0 Å². The lowest BCUT2D eigenvalue weighted by Gasteiger charge is -2.18. The number of aryl methyl sites for hydroxylation is 1. The molecule has 2 heterocycles. The largest absolute Gasteiger partial charge is 0.493 e. The lowest BCUT2D eigenvalue weighted by atomic mass is 9.98. The Labute approximate surface area is 165 Å². The van der Waals surface area contributed by atoms with E-state index < -0.39 is 17.7 Å². The maximum absolute atomic E-state index is 13.9. The average molecular weight is 401 g/mol. The summed E-state index contributed by atoms with van der Waals surface area (Å²) in [5.74, 6) is -0.406. The van der Waals surface area contributed by atoms with Crippen molar-refractivity contribution in [3.8, 4) is 22.6 Å². The number of nitrogens with zero attached hydrogens (tertiary/aromatic N) is 1. The minimum Gasteiger partial charge on any atom is -0.493 e. The third kappa shape index (κ3) is 3.26. The Hall–Kier alpha value is -3.22. The lowest BCUT2D eigenvalue weighted by Crippen LogP contribution is -2.13. The second-order valence-electron chi connectivity index (χ2n) is 7.08. The summed E-state index contributed by atoms with van der Waals surface area (Å²) in [4.78, 5) is 11.4. The maximum Gasteiger partial charge on any atom is 0.418 e. The molecule has 0 aliphatic carbocycles. The van der Waals surface area contributed by atoms with Crippen molar-refractivity contribution in [2.75, 3.05) is 6.61 Å². The van der Waals surface area contributed by atoms with Crippen LogP contribution in [0, 0.1) is 13.8 Å². The number of alkyl halides is 3. The topological polar surface area (TPSA) is 51.5 Å². The van der Waals surface area contributed by atoms with Crippen LogP contribution in [0.15, 0.2) is 42.5 Å². The van der Waals surface area contributed by atoms with Crippen molar-refractivity contribution in [1.82, 2.24) is 4.57 Å². The Morgan fingerprint density at radius 2 is 1.76 bits per heavy atom. The normalized spacial score (nSPS) is 13.3. The minimum absolute atomic E-state index is 0.0154. The molecular formula is C22H18F3NO3. The van der Waals surface area contributed by atoms with Crippen molar-refractivity contribution in [1.29, 1.82) is 0 Å². The van der Waals surface area contributed by atoms with Gasteiger partial charge in [0, 0.05) is 17.8 Å². The van der Waals surface area contributed by atoms with Crippen molar-refractivity contribution < 1.29 is 27.8 Å². The van der Waals surface area contributed by atoms with Crippen molar-refractivity contribution >= 4 is 5.97 Å². The van der Waals surface area contributed by atoms with Crippen LogP contribution in [0.1, 0.15) is 32.9 Å². The van der Waals surface area contributed by atoms with E-state index in [2.05, 4.69) is 0 Å². The van der Waals surface area contributed by atoms with Gasteiger partial charge in [-0.3, -0.25) is 0 Å². The number of hydrogen-bond donors (Lipinski definition) is 1. The standard InChI is InChI=1S/C22H18F3NO3/c1-12-9-17(21(27)28)13(2)26(12)19-5-3-15(11-18(19)22(23,24)25)14-4-6-20-16(10-14)7-8-29-20/h3-6,9-11H,7-8H2,1-2H3,(H,27,28). The summed E-state index contributed by atoms with van der Waals surface area (Å²) in [6.07, 6.45) is -3.87. The second kappa shape index (κ2) is 6.69. The molecule has 0 saturated carbocycles. The summed E-state index contributed by atoms with van der Waals surface area (Å²) >= 11 is 0. The van der Waals surface area contributed by atoms with Crippen LogP contribution in [0.2, 0.25) is 0 Å². The number of hydrogen-bond acceptors (Lipinski definition) is 2. The van der Waals surface area contributed by atoms with Gasteiger partial charge >= 0.3 is 12.1 Å². The van der Waals surface area contributed by atoms with Gasteiger partial charge < -0.3 is 14.4 Å². The monoisotopic (exact) mass is 401 g/mol. The molecule has 150 valence electrons. The predicted molar refractivity (Wildman–Crippen MR) is 102 cm³/mol. The van der Waals surface area contributed by atoms with Gasteiger partial charge in [0.2, 0.25) is 0 Å². The highest BCUT2D eigenvalue weighted by molar-refractivity contribution is 5.89. The van der Waals surface area contributed by atoms with Crippen LogP contribution < -0.4 is 4.74 Å². The number of fused-ring (bicyclic) bond motifs is 1. The van der Waals surface area contributed by atoms with Gasteiger partial charge in [-0.05, 0) is 60.9 Å². The molecular weight excluding hydrogens is 383 g/mol. The Balaban J connectivity index is 1.88. The fourth-order valence-corrected chi connectivity index (χ4v) is 3.85. The molecule has 0 fully saturated rings. The number of rotatable bonds is 3.